The van der Waals surface area contributed by atoms with Crippen LogP contribution in [0.3, 0.4) is 0 Å². The Bertz CT molecular complexity index is 940. The Morgan fingerprint density at radius 1 is 1.07 bits per heavy atom. The molecule has 6 nitrogen and oxygen atoms in total. The van der Waals surface area contributed by atoms with Crippen LogP contribution in [-0.2, 0) is 26.0 Å². The van der Waals surface area contributed by atoms with Gasteiger partial charge in [0.15, 0.2) is 9.84 Å². The van der Waals surface area contributed by atoms with Crippen molar-refractivity contribution < 1.29 is 18.0 Å². The van der Waals surface area contributed by atoms with E-state index in [-0.39, 0.29) is 23.3 Å². The third-order valence-corrected chi connectivity index (χ3v) is 5.98. The largest absolute Gasteiger partial charge is 0.350 e. The quantitative estimate of drug-likeness (QED) is 0.807. The van der Waals surface area contributed by atoms with Gasteiger partial charge in [0.05, 0.1) is 4.90 Å². The molecular formula is C21H24N2O4S. The highest BCUT2D eigenvalue weighted by atomic mass is 32.2. The first-order valence-electron chi connectivity index (χ1n) is 9.27. The van der Waals surface area contributed by atoms with Crippen LogP contribution in [0.2, 0.25) is 0 Å². The zero-order valence-electron chi connectivity index (χ0n) is 15.8. The monoisotopic (exact) mass is 400 g/mol. The van der Waals surface area contributed by atoms with Crippen LogP contribution in [0.4, 0.5) is 0 Å². The first kappa shape index (κ1) is 20.1. The number of amides is 2. The van der Waals surface area contributed by atoms with Crippen molar-refractivity contribution in [3.63, 3.8) is 0 Å². The van der Waals surface area contributed by atoms with Gasteiger partial charge in [-0.1, -0.05) is 42.5 Å². The molecule has 2 amide bonds. The number of likely N-dealkylation sites (tertiary alicyclic amines) is 1. The second-order valence-corrected chi connectivity index (χ2v) is 9.01. The Morgan fingerprint density at radius 3 is 2.36 bits per heavy atom. The van der Waals surface area contributed by atoms with Crippen LogP contribution < -0.4 is 5.32 Å². The first-order chi connectivity index (χ1) is 13.4. The molecule has 1 aliphatic heterocycles. The van der Waals surface area contributed by atoms with Crippen molar-refractivity contribution in [3.05, 3.63) is 65.7 Å². The van der Waals surface area contributed by atoms with Crippen molar-refractivity contribution >= 4 is 21.7 Å². The van der Waals surface area contributed by atoms with E-state index in [4.69, 9.17) is 0 Å². The predicted octanol–water partition coefficient (Wildman–Crippen LogP) is 2.46. The van der Waals surface area contributed by atoms with E-state index in [2.05, 4.69) is 5.32 Å². The Labute approximate surface area is 165 Å². The van der Waals surface area contributed by atoms with Gasteiger partial charge in [0, 0.05) is 25.8 Å². The summed E-state index contributed by atoms with van der Waals surface area (Å²) >= 11 is 0. The second kappa shape index (κ2) is 8.56. The Kier molecular flexibility index (Phi) is 6.14. The van der Waals surface area contributed by atoms with Crippen molar-refractivity contribution in [2.24, 2.45) is 0 Å². The summed E-state index contributed by atoms with van der Waals surface area (Å²) in [6.07, 6.45) is 3.36. The van der Waals surface area contributed by atoms with E-state index in [0.29, 0.717) is 13.0 Å². The summed E-state index contributed by atoms with van der Waals surface area (Å²) in [7, 11) is -3.25. The Balaban J connectivity index is 1.75. The molecule has 1 heterocycles. The minimum atomic E-state index is -3.25. The van der Waals surface area contributed by atoms with Gasteiger partial charge in [0.1, 0.15) is 6.04 Å². The van der Waals surface area contributed by atoms with Gasteiger partial charge in [-0.3, -0.25) is 9.59 Å². The van der Waals surface area contributed by atoms with Gasteiger partial charge in [0.25, 0.3) is 0 Å². The molecule has 148 valence electrons. The van der Waals surface area contributed by atoms with Crippen molar-refractivity contribution in [1.29, 1.82) is 0 Å². The number of benzene rings is 2. The predicted molar refractivity (Wildman–Crippen MR) is 106 cm³/mol. The fourth-order valence-corrected chi connectivity index (χ4v) is 3.98. The molecule has 0 radical (unpaired) electrons. The summed E-state index contributed by atoms with van der Waals surface area (Å²) in [5, 5.41) is 2.89. The topological polar surface area (TPSA) is 83.6 Å². The minimum absolute atomic E-state index is 0.00671. The lowest BCUT2D eigenvalue weighted by Crippen LogP contribution is -2.45. The normalized spacial score (nSPS) is 15.9. The number of hydrogen-bond donors (Lipinski definition) is 1. The van der Waals surface area contributed by atoms with Gasteiger partial charge < -0.3 is 10.2 Å². The molecule has 1 unspecified atom stereocenters. The first-order valence-corrected chi connectivity index (χ1v) is 11.2. The number of rotatable bonds is 6. The van der Waals surface area contributed by atoms with Gasteiger partial charge >= 0.3 is 0 Å². The number of nitrogens with one attached hydrogen (secondary N) is 1. The molecule has 28 heavy (non-hydrogen) atoms. The highest BCUT2D eigenvalue weighted by Crippen LogP contribution is 2.26. The van der Waals surface area contributed by atoms with E-state index < -0.39 is 15.9 Å². The summed E-state index contributed by atoms with van der Waals surface area (Å²) in [5.74, 6) is -0.249. The van der Waals surface area contributed by atoms with E-state index in [1.54, 1.807) is 17.0 Å². The van der Waals surface area contributed by atoms with E-state index in [1.165, 1.54) is 12.1 Å². The zero-order valence-corrected chi connectivity index (χ0v) is 16.6. The summed E-state index contributed by atoms with van der Waals surface area (Å²) in [6, 6.07) is 15.0. The van der Waals surface area contributed by atoms with Crippen LogP contribution in [0.1, 0.15) is 36.4 Å². The molecule has 2 aromatic carbocycles. The van der Waals surface area contributed by atoms with Crippen LogP contribution >= 0.6 is 0 Å². The number of carbonyl (C=O) groups is 2. The van der Waals surface area contributed by atoms with Gasteiger partial charge in [0.2, 0.25) is 11.8 Å². The molecule has 1 fully saturated rings. The van der Waals surface area contributed by atoms with Crippen LogP contribution in [0.15, 0.2) is 59.5 Å². The standard InChI is InChI=1S/C21H24N2O4S/c1-28(26,27)18-12-10-16(11-13-18)15-22-21(25)20(17-7-3-2-4-8-17)23-14-6-5-9-19(23)24/h2-4,7-8,10-13,20H,5-6,9,14-15H2,1H3,(H,22,25). The molecule has 1 saturated heterocycles. The number of nitrogens with zero attached hydrogens (tertiary/aromatic N) is 1. The second-order valence-electron chi connectivity index (χ2n) is 6.99. The third kappa shape index (κ3) is 4.78. The molecule has 0 aliphatic carbocycles. The number of carbonyl (C=O) groups excluding carboxylic acids is 2. The fourth-order valence-electron chi connectivity index (χ4n) is 3.35. The molecule has 1 aliphatic rings. The highest BCUT2D eigenvalue weighted by molar-refractivity contribution is 7.90. The smallest absolute Gasteiger partial charge is 0.247 e. The summed E-state index contributed by atoms with van der Waals surface area (Å²) in [4.78, 5) is 27.3. The maximum absolute atomic E-state index is 13.0. The van der Waals surface area contributed by atoms with Gasteiger partial charge in [-0.25, -0.2) is 8.42 Å². The Morgan fingerprint density at radius 2 is 1.75 bits per heavy atom. The molecule has 0 saturated carbocycles. The van der Waals surface area contributed by atoms with E-state index in [0.717, 1.165) is 30.2 Å². The van der Waals surface area contributed by atoms with Gasteiger partial charge in [-0.2, -0.15) is 0 Å². The van der Waals surface area contributed by atoms with E-state index >= 15 is 0 Å². The summed E-state index contributed by atoms with van der Waals surface area (Å²) in [6.45, 7) is 0.823. The average Bonchev–Trinajstić information content (AvgIpc) is 2.68. The summed E-state index contributed by atoms with van der Waals surface area (Å²) < 4.78 is 23.1. The zero-order chi connectivity index (χ0) is 20.1. The fraction of sp³-hybridized carbons (Fsp3) is 0.333. The lowest BCUT2D eigenvalue weighted by atomic mass is 10.0. The van der Waals surface area contributed by atoms with Gasteiger partial charge in [-0.15, -0.1) is 0 Å². The molecule has 1 atom stereocenters. The maximum Gasteiger partial charge on any atom is 0.247 e. The SMILES string of the molecule is CS(=O)(=O)c1ccc(CNC(=O)C(c2ccccc2)N2CCCCC2=O)cc1. The van der Waals surface area contributed by atoms with Crippen LogP contribution in [0.25, 0.3) is 0 Å². The minimum Gasteiger partial charge on any atom is -0.350 e. The lowest BCUT2D eigenvalue weighted by Gasteiger charge is -2.34. The maximum atomic E-state index is 13.0. The molecule has 0 aromatic heterocycles. The average molecular weight is 401 g/mol. The molecule has 1 N–H and O–H groups in total. The van der Waals surface area contributed by atoms with Crippen LogP contribution in [0, 0.1) is 0 Å². The molecular weight excluding hydrogens is 376 g/mol. The molecule has 3 rings (SSSR count). The third-order valence-electron chi connectivity index (χ3n) is 4.85. The van der Waals surface area contributed by atoms with Crippen LogP contribution in [-0.4, -0.2) is 37.9 Å². The number of hydrogen-bond acceptors (Lipinski definition) is 4. The Hall–Kier alpha value is -2.67. The van der Waals surface area contributed by atoms with Crippen molar-refractivity contribution in [2.75, 3.05) is 12.8 Å². The lowest BCUT2D eigenvalue weighted by molar-refractivity contribution is -0.142. The molecule has 7 heteroatoms. The number of sulfone groups is 1. The van der Waals surface area contributed by atoms with Crippen LogP contribution in [0.5, 0.6) is 0 Å². The summed E-state index contributed by atoms with van der Waals surface area (Å²) in [5.41, 5.74) is 1.57. The molecule has 0 spiro atoms. The van der Waals surface area contributed by atoms with Gasteiger partial charge in [-0.05, 0) is 36.1 Å². The highest BCUT2D eigenvalue weighted by Gasteiger charge is 2.32. The van der Waals surface area contributed by atoms with Crippen molar-refractivity contribution in [3.8, 4) is 0 Å². The van der Waals surface area contributed by atoms with E-state index in [1.807, 2.05) is 30.3 Å². The molecule has 2 aromatic rings. The van der Waals surface area contributed by atoms with Crippen molar-refractivity contribution in [2.45, 2.75) is 36.7 Å². The number of piperidine rings is 1. The molecule has 0 bridgehead atoms. The van der Waals surface area contributed by atoms with E-state index in [9.17, 15) is 18.0 Å². The van der Waals surface area contributed by atoms with Crippen molar-refractivity contribution in [1.82, 2.24) is 10.2 Å².